The molecule has 128 valence electrons. The molecule has 0 spiro atoms. The second-order valence-electron chi connectivity index (χ2n) is 6.63. The Morgan fingerprint density at radius 1 is 1.38 bits per heavy atom. The van der Waals surface area contributed by atoms with Crippen molar-refractivity contribution in [2.75, 3.05) is 0 Å². The maximum Gasteiger partial charge on any atom is 0.223 e. The summed E-state index contributed by atoms with van der Waals surface area (Å²) in [6.07, 6.45) is 5.59. The normalized spacial score (nSPS) is 16.9. The van der Waals surface area contributed by atoms with Crippen LogP contribution in [0.15, 0.2) is 35.3 Å². The fourth-order valence-electron chi connectivity index (χ4n) is 3.52. The third-order valence-corrected chi connectivity index (χ3v) is 4.99. The van der Waals surface area contributed by atoms with E-state index in [2.05, 4.69) is 38.5 Å². The topological polar surface area (TPSA) is 46.9 Å². The molecule has 1 aromatic carbocycles. The van der Waals surface area contributed by atoms with Crippen LogP contribution in [-0.2, 0) is 11.3 Å². The van der Waals surface area contributed by atoms with Crippen LogP contribution < -0.4 is 5.32 Å². The molecular formula is C19H24BrN3O. The Labute approximate surface area is 151 Å². The van der Waals surface area contributed by atoms with Gasteiger partial charge in [-0.15, -0.1) is 0 Å². The molecule has 1 amide bonds. The van der Waals surface area contributed by atoms with Crippen LogP contribution in [0.4, 0.5) is 0 Å². The van der Waals surface area contributed by atoms with E-state index in [1.54, 1.807) is 0 Å². The van der Waals surface area contributed by atoms with E-state index in [1.165, 1.54) is 6.42 Å². The second kappa shape index (κ2) is 7.51. The van der Waals surface area contributed by atoms with E-state index in [0.29, 0.717) is 6.54 Å². The first-order chi connectivity index (χ1) is 11.6. The molecule has 0 aliphatic heterocycles. The Morgan fingerprint density at radius 3 is 2.79 bits per heavy atom. The van der Waals surface area contributed by atoms with E-state index in [1.807, 2.05) is 25.1 Å². The van der Waals surface area contributed by atoms with Gasteiger partial charge in [-0.05, 0) is 31.9 Å². The van der Waals surface area contributed by atoms with Crippen molar-refractivity contribution >= 4 is 32.9 Å². The van der Waals surface area contributed by atoms with Crippen LogP contribution in [0.5, 0.6) is 0 Å². The zero-order chi connectivity index (χ0) is 17.1. The molecule has 0 radical (unpaired) electrons. The monoisotopic (exact) mass is 389 g/mol. The zero-order valence-corrected chi connectivity index (χ0v) is 15.7. The van der Waals surface area contributed by atoms with Crippen LogP contribution >= 0.6 is 15.9 Å². The first kappa shape index (κ1) is 17.2. The number of fused-ring (bicyclic) bond motifs is 1. The quantitative estimate of drug-likeness (QED) is 0.804. The van der Waals surface area contributed by atoms with Gasteiger partial charge >= 0.3 is 0 Å². The van der Waals surface area contributed by atoms with Gasteiger partial charge in [0, 0.05) is 10.4 Å². The molecule has 1 aliphatic carbocycles. The molecule has 1 unspecified atom stereocenters. The van der Waals surface area contributed by atoms with Gasteiger partial charge in [-0.3, -0.25) is 4.79 Å². The van der Waals surface area contributed by atoms with E-state index in [9.17, 15) is 4.79 Å². The van der Waals surface area contributed by atoms with Crippen molar-refractivity contribution in [3.63, 3.8) is 0 Å². The highest BCUT2D eigenvalue weighted by molar-refractivity contribution is 9.11. The molecule has 0 saturated heterocycles. The molecular weight excluding hydrogens is 366 g/mol. The Kier molecular flexibility index (Phi) is 5.39. The van der Waals surface area contributed by atoms with Crippen molar-refractivity contribution in [2.24, 2.45) is 5.92 Å². The zero-order valence-electron chi connectivity index (χ0n) is 14.1. The maximum atomic E-state index is 12.6. The Hall–Kier alpha value is -1.62. The number of carbonyl (C=O) groups excluding carboxylic acids is 1. The summed E-state index contributed by atoms with van der Waals surface area (Å²) in [5.74, 6) is 1.20. The predicted octanol–water partition coefficient (Wildman–Crippen LogP) is 4.70. The minimum absolute atomic E-state index is 0.126. The number of carbonyl (C=O) groups is 1. The average Bonchev–Trinajstić information content (AvgIpc) is 2.94. The third-order valence-electron chi connectivity index (χ3n) is 4.74. The molecule has 1 N–H and O–H groups in total. The number of allylic oxidation sites excluding steroid dienone is 1. The highest BCUT2D eigenvalue weighted by Gasteiger charge is 2.24. The highest BCUT2D eigenvalue weighted by Crippen LogP contribution is 2.26. The van der Waals surface area contributed by atoms with E-state index in [4.69, 9.17) is 4.98 Å². The van der Waals surface area contributed by atoms with Gasteiger partial charge in [0.25, 0.3) is 0 Å². The van der Waals surface area contributed by atoms with Crippen LogP contribution in [0.1, 0.15) is 50.9 Å². The smallest absolute Gasteiger partial charge is 0.223 e. The number of para-hydroxylation sites is 2. The number of amides is 1. The lowest BCUT2D eigenvalue weighted by Crippen LogP contribution is -2.35. The number of halogens is 1. The van der Waals surface area contributed by atoms with E-state index in [0.717, 1.165) is 47.0 Å². The molecule has 1 heterocycles. The number of benzene rings is 1. The molecule has 1 fully saturated rings. The van der Waals surface area contributed by atoms with Gasteiger partial charge in [-0.2, -0.15) is 0 Å². The molecule has 24 heavy (non-hydrogen) atoms. The summed E-state index contributed by atoms with van der Waals surface area (Å²) >= 11 is 3.45. The standard InChI is InChI=1S/C19H24BrN3O/c1-13(20)12-23-17-11-7-6-10-16(17)22-18(23)14(2)21-19(24)15-8-4-3-5-9-15/h6-7,10-11,14-15H,1,3-5,8-9,12H2,2H3,(H,21,24). The van der Waals surface area contributed by atoms with Crippen LogP contribution in [0.2, 0.25) is 0 Å². The summed E-state index contributed by atoms with van der Waals surface area (Å²) in [6, 6.07) is 7.92. The van der Waals surface area contributed by atoms with E-state index < -0.39 is 0 Å². The van der Waals surface area contributed by atoms with Gasteiger partial charge in [-0.25, -0.2) is 4.98 Å². The van der Waals surface area contributed by atoms with Crippen LogP contribution in [0, 0.1) is 5.92 Å². The fraction of sp³-hybridized carbons (Fsp3) is 0.474. The van der Waals surface area contributed by atoms with Crippen LogP contribution in [-0.4, -0.2) is 15.5 Å². The maximum absolute atomic E-state index is 12.6. The van der Waals surface area contributed by atoms with Crippen molar-refractivity contribution in [3.8, 4) is 0 Å². The molecule has 1 aliphatic rings. The summed E-state index contributed by atoms with van der Waals surface area (Å²) in [5.41, 5.74) is 2.01. The molecule has 1 saturated carbocycles. The molecule has 3 rings (SSSR count). The summed E-state index contributed by atoms with van der Waals surface area (Å²) < 4.78 is 3.01. The number of hydrogen-bond acceptors (Lipinski definition) is 2. The molecule has 2 aromatic rings. The van der Waals surface area contributed by atoms with Gasteiger partial charge in [0.1, 0.15) is 5.82 Å². The second-order valence-corrected chi connectivity index (χ2v) is 7.75. The van der Waals surface area contributed by atoms with Crippen molar-refractivity contribution in [3.05, 3.63) is 41.2 Å². The number of aromatic nitrogens is 2. The first-order valence-electron chi connectivity index (χ1n) is 8.65. The minimum Gasteiger partial charge on any atom is -0.346 e. The number of imidazole rings is 1. The van der Waals surface area contributed by atoms with Gasteiger partial charge < -0.3 is 9.88 Å². The Balaban J connectivity index is 1.84. The Bertz CT molecular complexity index is 746. The van der Waals surface area contributed by atoms with Crippen molar-refractivity contribution in [1.82, 2.24) is 14.9 Å². The third kappa shape index (κ3) is 3.72. The van der Waals surface area contributed by atoms with Gasteiger partial charge in [0.2, 0.25) is 5.91 Å². The van der Waals surface area contributed by atoms with Crippen molar-refractivity contribution in [1.29, 1.82) is 0 Å². The summed E-state index contributed by atoms with van der Waals surface area (Å²) in [6.45, 7) is 6.60. The summed E-state index contributed by atoms with van der Waals surface area (Å²) in [7, 11) is 0. The van der Waals surface area contributed by atoms with Crippen LogP contribution in [0.3, 0.4) is 0 Å². The van der Waals surface area contributed by atoms with Gasteiger partial charge in [0.05, 0.1) is 23.6 Å². The molecule has 0 bridgehead atoms. The van der Waals surface area contributed by atoms with Gasteiger partial charge in [-0.1, -0.05) is 53.9 Å². The minimum atomic E-state index is -0.126. The predicted molar refractivity (Wildman–Crippen MR) is 101 cm³/mol. The lowest BCUT2D eigenvalue weighted by Gasteiger charge is -2.23. The number of nitrogens with one attached hydrogen (secondary N) is 1. The largest absolute Gasteiger partial charge is 0.346 e. The number of hydrogen-bond donors (Lipinski definition) is 1. The highest BCUT2D eigenvalue weighted by atomic mass is 79.9. The lowest BCUT2D eigenvalue weighted by atomic mass is 9.88. The van der Waals surface area contributed by atoms with Gasteiger partial charge in [0.15, 0.2) is 0 Å². The molecule has 1 atom stereocenters. The van der Waals surface area contributed by atoms with Crippen LogP contribution in [0.25, 0.3) is 11.0 Å². The van der Waals surface area contributed by atoms with E-state index >= 15 is 0 Å². The first-order valence-corrected chi connectivity index (χ1v) is 9.44. The SMILES string of the molecule is C=C(Br)Cn1c(C(C)NC(=O)C2CCCCC2)nc2ccccc21. The van der Waals surface area contributed by atoms with Crippen molar-refractivity contribution in [2.45, 2.75) is 51.6 Å². The fourth-order valence-corrected chi connectivity index (χ4v) is 3.77. The van der Waals surface area contributed by atoms with Crippen molar-refractivity contribution < 1.29 is 4.79 Å². The lowest BCUT2D eigenvalue weighted by molar-refractivity contribution is -0.126. The summed E-state index contributed by atoms with van der Waals surface area (Å²) in [5, 5.41) is 3.17. The average molecular weight is 390 g/mol. The van der Waals surface area contributed by atoms with E-state index in [-0.39, 0.29) is 17.9 Å². The number of nitrogens with zero attached hydrogens (tertiary/aromatic N) is 2. The Morgan fingerprint density at radius 2 is 2.08 bits per heavy atom. The molecule has 5 heteroatoms. The molecule has 4 nitrogen and oxygen atoms in total. The number of rotatable bonds is 5. The summed E-state index contributed by atoms with van der Waals surface area (Å²) in [4.78, 5) is 17.3. The molecule has 1 aromatic heterocycles.